The first-order chi connectivity index (χ1) is 21.4. The van der Waals surface area contributed by atoms with Crippen LogP contribution in [0.15, 0.2) is 66.9 Å². The Hall–Kier alpha value is -5.13. The summed E-state index contributed by atoms with van der Waals surface area (Å²) < 4.78 is 15.2. The van der Waals surface area contributed by atoms with Crippen molar-refractivity contribution in [1.29, 1.82) is 0 Å². The van der Waals surface area contributed by atoms with E-state index in [0.717, 1.165) is 18.4 Å². The second-order valence-corrected chi connectivity index (χ2v) is 10.9. The molecule has 12 heteroatoms. The lowest BCUT2D eigenvalue weighted by Gasteiger charge is -2.24. The average Bonchev–Trinajstić information content (AvgIpc) is 3.59. The van der Waals surface area contributed by atoms with Crippen LogP contribution in [0.25, 0.3) is 11.4 Å². The van der Waals surface area contributed by atoms with Crippen LogP contribution >= 0.6 is 0 Å². The molecule has 1 aliphatic heterocycles. The van der Waals surface area contributed by atoms with Gasteiger partial charge in [0.2, 0.25) is 5.91 Å². The van der Waals surface area contributed by atoms with Gasteiger partial charge in [0.1, 0.15) is 18.1 Å². The molecule has 44 heavy (non-hydrogen) atoms. The Morgan fingerprint density at radius 2 is 1.84 bits per heavy atom. The molecule has 6 rings (SSSR count). The minimum atomic E-state index is -0.520. The summed E-state index contributed by atoms with van der Waals surface area (Å²) in [6, 6.07) is 17.9. The maximum atomic E-state index is 13.7. The highest BCUT2D eigenvalue weighted by Gasteiger charge is 2.30. The summed E-state index contributed by atoms with van der Waals surface area (Å²) in [4.78, 5) is 46.5. The van der Waals surface area contributed by atoms with Crippen LogP contribution in [0.1, 0.15) is 58.5 Å². The van der Waals surface area contributed by atoms with Gasteiger partial charge in [-0.25, -0.2) is 9.67 Å². The summed E-state index contributed by atoms with van der Waals surface area (Å²) >= 11 is 0. The SMILES string of the molecule is COc1ccc2cc1OCCn1nc(-c3ccccc3)nc1[C@@H](C)NC(=O)CN(C(=O)c1cccn1C1CC1)CCNC2=O. The molecule has 2 aliphatic rings. The van der Waals surface area contributed by atoms with Crippen molar-refractivity contribution in [3.63, 3.8) is 0 Å². The van der Waals surface area contributed by atoms with Crippen molar-refractivity contribution >= 4 is 17.7 Å². The Labute approximate surface area is 255 Å². The molecule has 12 nitrogen and oxygen atoms in total. The number of hydrogen-bond donors (Lipinski definition) is 2. The van der Waals surface area contributed by atoms with Gasteiger partial charge in [-0.15, -0.1) is 0 Å². The minimum Gasteiger partial charge on any atom is -0.493 e. The molecule has 1 aliphatic carbocycles. The fourth-order valence-corrected chi connectivity index (χ4v) is 5.31. The number of amides is 3. The van der Waals surface area contributed by atoms with E-state index in [1.165, 1.54) is 12.0 Å². The van der Waals surface area contributed by atoms with E-state index in [1.807, 2.05) is 54.1 Å². The second kappa shape index (κ2) is 12.6. The predicted molar refractivity (Wildman–Crippen MR) is 161 cm³/mol. The van der Waals surface area contributed by atoms with Crippen molar-refractivity contribution in [3.8, 4) is 22.9 Å². The molecule has 228 valence electrons. The fourth-order valence-electron chi connectivity index (χ4n) is 5.31. The van der Waals surface area contributed by atoms with Crippen LogP contribution in [0, 0.1) is 0 Å². The van der Waals surface area contributed by atoms with Crippen LogP contribution in [0.3, 0.4) is 0 Å². The fraction of sp³-hybridized carbons (Fsp3) is 0.344. The highest BCUT2D eigenvalue weighted by atomic mass is 16.5. The van der Waals surface area contributed by atoms with Crippen LogP contribution in [0.4, 0.5) is 0 Å². The molecule has 2 aromatic heterocycles. The number of rotatable bonds is 4. The van der Waals surface area contributed by atoms with E-state index in [-0.39, 0.29) is 44.0 Å². The molecule has 3 heterocycles. The Morgan fingerprint density at radius 3 is 2.61 bits per heavy atom. The molecule has 3 amide bonds. The number of hydrogen-bond acceptors (Lipinski definition) is 7. The normalized spacial score (nSPS) is 18.0. The van der Waals surface area contributed by atoms with E-state index >= 15 is 0 Å². The summed E-state index contributed by atoms with van der Waals surface area (Å²) in [6.45, 7) is 2.45. The molecule has 1 fully saturated rings. The van der Waals surface area contributed by atoms with Crippen molar-refractivity contribution in [3.05, 3.63) is 83.9 Å². The van der Waals surface area contributed by atoms with Crippen molar-refractivity contribution in [2.24, 2.45) is 0 Å². The van der Waals surface area contributed by atoms with E-state index in [4.69, 9.17) is 19.6 Å². The predicted octanol–water partition coefficient (Wildman–Crippen LogP) is 3.23. The standard InChI is InChI=1S/C32H35N7O5/c1-21-30-35-29(22-7-4-3-5-8-22)36-39(30)17-18-44-27-19-23(10-13-26(27)43-2)31(41)33-14-16-37(20-28(40)34-21)32(42)25-9-6-15-38(25)24-11-12-24/h3-10,13,15,19,21,24H,11-12,14,16-18,20H2,1-2H3,(H,33,41)(H,34,40)/t21-/m1/s1. The third-order valence-electron chi connectivity index (χ3n) is 7.71. The molecule has 0 spiro atoms. The quantitative estimate of drug-likeness (QED) is 0.369. The number of nitrogens with one attached hydrogen (secondary N) is 2. The van der Waals surface area contributed by atoms with E-state index in [9.17, 15) is 14.4 Å². The molecule has 0 radical (unpaired) electrons. The Morgan fingerprint density at radius 1 is 1.02 bits per heavy atom. The number of fused-ring (bicyclic) bond motifs is 3. The molecule has 2 aromatic carbocycles. The number of benzene rings is 2. The lowest BCUT2D eigenvalue weighted by Crippen LogP contribution is -2.45. The zero-order valence-corrected chi connectivity index (χ0v) is 24.7. The van der Waals surface area contributed by atoms with Crippen molar-refractivity contribution < 1.29 is 23.9 Å². The van der Waals surface area contributed by atoms with E-state index in [0.29, 0.717) is 47.0 Å². The minimum absolute atomic E-state index is 0.135. The summed E-state index contributed by atoms with van der Waals surface area (Å²) in [5.41, 5.74) is 1.74. The Balaban J connectivity index is 1.32. The number of aromatic nitrogens is 4. The van der Waals surface area contributed by atoms with Crippen LogP contribution < -0.4 is 20.1 Å². The van der Waals surface area contributed by atoms with Gasteiger partial charge in [0.25, 0.3) is 11.8 Å². The van der Waals surface area contributed by atoms with E-state index < -0.39 is 6.04 Å². The number of carbonyl (C=O) groups is 3. The van der Waals surface area contributed by atoms with Crippen LogP contribution in [0.2, 0.25) is 0 Å². The van der Waals surface area contributed by atoms with Gasteiger partial charge in [0.15, 0.2) is 17.3 Å². The van der Waals surface area contributed by atoms with Crippen molar-refractivity contribution in [2.75, 3.05) is 33.4 Å². The lowest BCUT2D eigenvalue weighted by atomic mass is 10.2. The van der Waals surface area contributed by atoms with E-state index in [1.54, 1.807) is 28.9 Å². The van der Waals surface area contributed by atoms with Crippen LogP contribution in [-0.4, -0.2) is 75.3 Å². The van der Waals surface area contributed by atoms with Crippen molar-refractivity contribution in [2.45, 2.75) is 38.4 Å². The zero-order chi connectivity index (χ0) is 30.6. The molecule has 0 unspecified atom stereocenters. The molecule has 0 saturated heterocycles. The molecule has 4 aromatic rings. The average molecular weight is 598 g/mol. The highest BCUT2D eigenvalue weighted by Crippen LogP contribution is 2.36. The van der Waals surface area contributed by atoms with Gasteiger partial charge in [-0.05, 0) is 50.1 Å². The number of methoxy groups -OCH3 is 1. The zero-order valence-electron chi connectivity index (χ0n) is 24.7. The van der Waals surface area contributed by atoms with Gasteiger partial charge in [-0.2, -0.15) is 5.10 Å². The second-order valence-electron chi connectivity index (χ2n) is 10.9. The maximum Gasteiger partial charge on any atom is 0.271 e. The van der Waals surface area contributed by atoms with E-state index in [2.05, 4.69) is 10.6 Å². The third-order valence-corrected chi connectivity index (χ3v) is 7.71. The molecular formula is C32H35N7O5. The van der Waals surface area contributed by atoms with Gasteiger partial charge >= 0.3 is 0 Å². The van der Waals surface area contributed by atoms with Gasteiger partial charge in [-0.1, -0.05) is 30.3 Å². The summed E-state index contributed by atoms with van der Waals surface area (Å²) in [5, 5.41) is 10.6. The summed E-state index contributed by atoms with van der Waals surface area (Å²) in [7, 11) is 1.54. The Bertz CT molecular complexity index is 1660. The summed E-state index contributed by atoms with van der Waals surface area (Å²) in [5.74, 6) is 1.00. The monoisotopic (exact) mass is 597 g/mol. The first-order valence-electron chi connectivity index (χ1n) is 14.8. The molecule has 1 saturated carbocycles. The number of carbonyl (C=O) groups excluding carboxylic acids is 3. The third kappa shape index (κ3) is 6.29. The molecule has 2 bridgehead atoms. The highest BCUT2D eigenvalue weighted by molar-refractivity contribution is 5.96. The maximum absolute atomic E-state index is 13.7. The molecular weight excluding hydrogens is 562 g/mol. The first kappa shape index (κ1) is 29.0. The Kier molecular flexibility index (Phi) is 8.31. The van der Waals surface area contributed by atoms with Gasteiger partial charge in [0, 0.05) is 36.5 Å². The lowest BCUT2D eigenvalue weighted by molar-refractivity contribution is -0.122. The number of nitrogens with zero attached hydrogens (tertiary/aromatic N) is 5. The molecule has 1 atom stereocenters. The van der Waals surface area contributed by atoms with Crippen LogP contribution in [-0.2, 0) is 11.3 Å². The van der Waals surface area contributed by atoms with Crippen LogP contribution in [0.5, 0.6) is 11.5 Å². The molecule has 2 N–H and O–H groups in total. The smallest absolute Gasteiger partial charge is 0.271 e. The van der Waals surface area contributed by atoms with Crippen molar-refractivity contribution in [1.82, 2.24) is 34.9 Å². The topological polar surface area (TPSA) is 133 Å². The first-order valence-corrected chi connectivity index (χ1v) is 14.8. The van der Waals surface area contributed by atoms with Gasteiger partial charge in [-0.3, -0.25) is 14.4 Å². The van der Waals surface area contributed by atoms with Gasteiger partial charge in [0.05, 0.1) is 26.2 Å². The summed E-state index contributed by atoms with van der Waals surface area (Å²) in [6.07, 6.45) is 3.93. The van der Waals surface area contributed by atoms with Gasteiger partial charge < -0.3 is 29.6 Å². The largest absolute Gasteiger partial charge is 0.493 e. The number of ether oxygens (including phenoxy) is 2.